The average molecular weight is 255 g/mol. The van der Waals surface area contributed by atoms with Crippen molar-refractivity contribution in [1.29, 1.82) is 0 Å². The van der Waals surface area contributed by atoms with E-state index in [1.165, 1.54) is 6.07 Å². The molecule has 0 unspecified atom stereocenters. The topological polar surface area (TPSA) is 106 Å². The minimum atomic E-state index is -1.08. The number of nitrogens with zero attached hydrogens (tertiary/aromatic N) is 1. The molecule has 0 aromatic heterocycles. The van der Waals surface area contributed by atoms with Gasteiger partial charge in [0.25, 0.3) is 5.69 Å². The molecule has 0 spiro atoms. The van der Waals surface area contributed by atoms with Crippen LogP contribution < -0.4 is 5.73 Å². The Morgan fingerprint density at radius 1 is 1.59 bits per heavy atom. The van der Waals surface area contributed by atoms with Gasteiger partial charge in [-0.05, 0) is 6.07 Å². The van der Waals surface area contributed by atoms with Crippen LogP contribution in [0.5, 0.6) is 0 Å². The van der Waals surface area contributed by atoms with Crippen molar-refractivity contribution >= 4 is 28.9 Å². The van der Waals surface area contributed by atoms with E-state index in [4.69, 9.17) is 22.4 Å². The minimum Gasteiger partial charge on any atom is -0.481 e. The van der Waals surface area contributed by atoms with Crippen molar-refractivity contribution < 1.29 is 14.8 Å². The number of anilines is 1. The molecule has 0 saturated carbocycles. The van der Waals surface area contributed by atoms with Crippen molar-refractivity contribution in [3.8, 4) is 11.8 Å². The molecule has 0 heterocycles. The quantitative estimate of drug-likeness (QED) is 0.361. The van der Waals surface area contributed by atoms with Crippen molar-refractivity contribution in [2.75, 3.05) is 5.73 Å². The maximum Gasteiger partial charge on any atom is 0.315 e. The van der Waals surface area contributed by atoms with Crippen LogP contribution in [0.2, 0.25) is 5.02 Å². The highest BCUT2D eigenvalue weighted by molar-refractivity contribution is 6.32. The van der Waals surface area contributed by atoms with Crippen LogP contribution in [0.1, 0.15) is 12.0 Å². The van der Waals surface area contributed by atoms with Crippen molar-refractivity contribution in [1.82, 2.24) is 0 Å². The monoisotopic (exact) mass is 254 g/mol. The average Bonchev–Trinajstić information content (AvgIpc) is 2.20. The molecule has 6 nitrogen and oxygen atoms in total. The zero-order valence-corrected chi connectivity index (χ0v) is 9.19. The first kappa shape index (κ1) is 12.8. The largest absolute Gasteiger partial charge is 0.481 e. The Morgan fingerprint density at radius 3 is 2.76 bits per heavy atom. The molecule has 0 aliphatic rings. The Labute approximate surface area is 101 Å². The highest BCUT2D eigenvalue weighted by Crippen LogP contribution is 2.28. The number of hydrogen-bond donors (Lipinski definition) is 2. The van der Waals surface area contributed by atoms with Gasteiger partial charge >= 0.3 is 5.97 Å². The van der Waals surface area contributed by atoms with Crippen LogP contribution in [0, 0.1) is 22.0 Å². The summed E-state index contributed by atoms with van der Waals surface area (Å²) in [5.74, 6) is 3.69. The molecule has 88 valence electrons. The number of halogens is 1. The molecule has 7 heteroatoms. The predicted octanol–water partition coefficient (Wildman–Crippen LogP) is 1.66. The number of carbonyl (C=O) groups is 1. The fourth-order valence-electron chi connectivity index (χ4n) is 1.05. The van der Waals surface area contributed by atoms with E-state index in [1.54, 1.807) is 0 Å². The number of aliphatic carboxylic acids is 1. The molecule has 0 aliphatic carbocycles. The van der Waals surface area contributed by atoms with Gasteiger partial charge in [0, 0.05) is 6.07 Å². The summed E-state index contributed by atoms with van der Waals surface area (Å²) in [5, 5.41) is 19.1. The van der Waals surface area contributed by atoms with Gasteiger partial charge in [-0.1, -0.05) is 23.4 Å². The molecule has 1 rings (SSSR count). The molecule has 3 N–H and O–H groups in total. The number of carboxylic acid groups (broad SMARTS) is 1. The Kier molecular flexibility index (Phi) is 3.91. The number of benzene rings is 1. The molecule has 17 heavy (non-hydrogen) atoms. The number of rotatable bonds is 2. The third-order valence-electron chi connectivity index (χ3n) is 1.78. The van der Waals surface area contributed by atoms with E-state index >= 15 is 0 Å². The lowest BCUT2D eigenvalue weighted by molar-refractivity contribution is -0.383. The van der Waals surface area contributed by atoms with E-state index in [1.807, 2.05) is 0 Å². The third kappa shape index (κ3) is 3.36. The molecular formula is C10H7ClN2O4. The van der Waals surface area contributed by atoms with Crippen LogP contribution in [0.4, 0.5) is 11.4 Å². The van der Waals surface area contributed by atoms with Gasteiger partial charge in [-0.3, -0.25) is 14.9 Å². The summed E-state index contributed by atoms with van der Waals surface area (Å²) in [4.78, 5) is 20.2. The van der Waals surface area contributed by atoms with Crippen molar-refractivity contribution in [3.05, 3.63) is 32.8 Å². The second-order valence-corrected chi connectivity index (χ2v) is 3.43. The SMILES string of the molecule is Nc1cc(Cl)c(C#CCC(=O)O)cc1[N+](=O)[O-]. The maximum absolute atomic E-state index is 10.6. The lowest BCUT2D eigenvalue weighted by Crippen LogP contribution is -1.97. The lowest BCUT2D eigenvalue weighted by atomic mass is 10.1. The number of nitro benzene ring substituents is 1. The Balaban J connectivity index is 3.15. The van der Waals surface area contributed by atoms with E-state index in [0.29, 0.717) is 0 Å². The van der Waals surface area contributed by atoms with Gasteiger partial charge in [0.2, 0.25) is 0 Å². The van der Waals surface area contributed by atoms with Crippen LogP contribution in [0.25, 0.3) is 0 Å². The minimum absolute atomic E-state index is 0.0659. The van der Waals surface area contributed by atoms with Crippen LogP contribution in [-0.4, -0.2) is 16.0 Å². The molecule has 0 radical (unpaired) electrons. The molecule has 0 saturated heterocycles. The van der Waals surface area contributed by atoms with Crippen molar-refractivity contribution in [3.63, 3.8) is 0 Å². The summed E-state index contributed by atoms with van der Waals surface area (Å²) in [6, 6.07) is 2.33. The summed E-state index contributed by atoms with van der Waals surface area (Å²) in [7, 11) is 0. The maximum atomic E-state index is 10.6. The van der Waals surface area contributed by atoms with Gasteiger partial charge in [0.15, 0.2) is 0 Å². The van der Waals surface area contributed by atoms with Gasteiger partial charge in [0.1, 0.15) is 12.1 Å². The Hall–Kier alpha value is -2.26. The summed E-state index contributed by atoms with van der Waals surface area (Å²) < 4.78 is 0. The standard InChI is InChI=1S/C10H7ClN2O4/c11-7-5-8(12)9(13(16)17)4-6(7)2-1-3-10(14)15/h4-5H,3,12H2,(H,14,15). The molecule has 0 bridgehead atoms. The van der Waals surface area contributed by atoms with E-state index < -0.39 is 10.9 Å². The van der Waals surface area contributed by atoms with E-state index in [9.17, 15) is 14.9 Å². The van der Waals surface area contributed by atoms with Gasteiger partial charge in [-0.25, -0.2) is 0 Å². The fourth-order valence-corrected chi connectivity index (χ4v) is 1.27. The van der Waals surface area contributed by atoms with Gasteiger partial charge < -0.3 is 10.8 Å². The van der Waals surface area contributed by atoms with Crippen LogP contribution in [-0.2, 0) is 4.79 Å². The normalized spacial score (nSPS) is 9.24. The van der Waals surface area contributed by atoms with Crippen molar-refractivity contribution in [2.45, 2.75) is 6.42 Å². The first-order chi connectivity index (χ1) is 7.91. The number of carboxylic acids is 1. The number of nitrogens with two attached hydrogens (primary N) is 1. The summed E-state index contributed by atoms with van der Waals surface area (Å²) in [6.07, 6.45) is -0.367. The smallest absolute Gasteiger partial charge is 0.315 e. The highest BCUT2D eigenvalue weighted by atomic mass is 35.5. The lowest BCUT2D eigenvalue weighted by Gasteiger charge is -2.00. The number of hydrogen-bond acceptors (Lipinski definition) is 4. The summed E-state index contributed by atoms with van der Waals surface area (Å²) >= 11 is 5.77. The van der Waals surface area contributed by atoms with Crippen molar-refractivity contribution in [2.24, 2.45) is 0 Å². The molecule has 1 aromatic carbocycles. The molecule has 0 fully saturated rings. The molecule has 1 aromatic rings. The van der Waals surface area contributed by atoms with E-state index in [2.05, 4.69) is 11.8 Å². The van der Waals surface area contributed by atoms with Gasteiger partial charge in [-0.2, -0.15) is 0 Å². The second-order valence-electron chi connectivity index (χ2n) is 3.02. The molecule has 0 amide bonds. The molecule has 0 aliphatic heterocycles. The highest BCUT2D eigenvalue weighted by Gasteiger charge is 2.14. The Morgan fingerprint density at radius 2 is 2.24 bits per heavy atom. The van der Waals surface area contributed by atoms with E-state index in [-0.39, 0.29) is 28.4 Å². The van der Waals surface area contributed by atoms with Crippen LogP contribution >= 0.6 is 11.6 Å². The molecular weight excluding hydrogens is 248 g/mol. The first-order valence-electron chi connectivity index (χ1n) is 4.36. The second kappa shape index (κ2) is 5.18. The third-order valence-corrected chi connectivity index (χ3v) is 2.09. The van der Waals surface area contributed by atoms with Gasteiger partial charge in [0.05, 0.1) is 15.5 Å². The predicted molar refractivity (Wildman–Crippen MR) is 61.6 cm³/mol. The summed E-state index contributed by atoms with van der Waals surface area (Å²) in [5.41, 5.74) is 5.20. The van der Waals surface area contributed by atoms with E-state index in [0.717, 1.165) is 6.07 Å². The van der Waals surface area contributed by atoms with Crippen LogP contribution in [0.3, 0.4) is 0 Å². The van der Waals surface area contributed by atoms with Gasteiger partial charge in [-0.15, -0.1) is 0 Å². The zero-order chi connectivity index (χ0) is 13.0. The van der Waals surface area contributed by atoms with Crippen LogP contribution in [0.15, 0.2) is 12.1 Å². The zero-order valence-electron chi connectivity index (χ0n) is 8.44. The number of nitro groups is 1. The molecule has 0 atom stereocenters. The summed E-state index contributed by atoms with van der Waals surface area (Å²) in [6.45, 7) is 0. The Bertz CT molecular complexity index is 545. The number of nitrogen functional groups attached to an aromatic ring is 1. The first-order valence-corrected chi connectivity index (χ1v) is 4.73. The fraction of sp³-hybridized carbons (Fsp3) is 0.100.